The second-order valence-electron chi connectivity index (χ2n) is 5.32. The number of halogens is 2. The minimum Gasteiger partial charge on any atom is -0.494 e. The lowest BCUT2D eigenvalue weighted by Gasteiger charge is -2.15. The first-order valence-corrected chi connectivity index (χ1v) is 7.41. The van der Waals surface area contributed by atoms with Crippen LogP contribution in [0.2, 0.25) is 0 Å². The molecule has 0 saturated carbocycles. The number of epoxide rings is 1. The molecule has 1 saturated heterocycles. The van der Waals surface area contributed by atoms with Crippen LogP contribution in [0.25, 0.3) is 11.1 Å². The third-order valence-corrected chi connectivity index (χ3v) is 3.95. The molecule has 2 atom stereocenters. The van der Waals surface area contributed by atoms with Crippen molar-refractivity contribution in [2.75, 3.05) is 26.6 Å². The highest BCUT2D eigenvalue weighted by Gasteiger charge is 2.42. The Kier molecular flexibility index (Phi) is 4.64. The van der Waals surface area contributed by atoms with Gasteiger partial charge in [0, 0.05) is 26.8 Å². The normalized spacial score (nSPS) is 19.4. The molecule has 0 radical (unpaired) electrons. The Hall–Kier alpha value is -2.25. The first-order chi connectivity index (χ1) is 11.6. The highest BCUT2D eigenvalue weighted by atomic mass is 19.3. The van der Waals surface area contributed by atoms with Gasteiger partial charge in [0.1, 0.15) is 17.5 Å². The monoisotopic (exact) mass is 338 g/mol. The molecule has 1 aromatic carbocycles. The molecular formula is C17H20F2N2O3. The van der Waals surface area contributed by atoms with Crippen LogP contribution in [-0.2, 0) is 9.47 Å². The van der Waals surface area contributed by atoms with Crippen molar-refractivity contribution in [1.82, 2.24) is 4.98 Å². The summed E-state index contributed by atoms with van der Waals surface area (Å²) in [4.78, 5) is 3.75. The van der Waals surface area contributed by atoms with Gasteiger partial charge in [0.05, 0.1) is 13.3 Å². The minimum atomic E-state index is -2.66. The van der Waals surface area contributed by atoms with Gasteiger partial charge in [-0.3, -0.25) is 4.98 Å². The van der Waals surface area contributed by atoms with Gasteiger partial charge in [-0.25, -0.2) is 8.78 Å². The van der Waals surface area contributed by atoms with Gasteiger partial charge in [-0.15, -0.1) is 0 Å². The molecule has 7 heteroatoms. The fraction of sp³-hybridized carbons (Fsp3) is 0.353. The third kappa shape index (κ3) is 3.05. The predicted octanol–water partition coefficient (Wildman–Crippen LogP) is 4.03. The number of rotatable bonds is 6. The number of hydrogen-bond donors (Lipinski definition) is 1. The SMILES string of the molecule is CNc1ccc(C2OC2OC)c(-c2cc(C(F)F)ncc2OC)c1.[HH]. The van der Waals surface area contributed by atoms with Crippen LogP contribution in [0.5, 0.6) is 5.75 Å². The van der Waals surface area contributed by atoms with Crippen LogP contribution in [0.4, 0.5) is 14.5 Å². The average Bonchev–Trinajstić information content (AvgIpc) is 3.40. The van der Waals surface area contributed by atoms with E-state index in [4.69, 9.17) is 14.2 Å². The molecule has 2 heterocycles. The minimum absolute atomic E-state index is 0. The number of nitrogens with zero attached hydrogens (tertiary/aromatic N) is 1. The number of anilines is 1. The first kappa shape index (κ1) is 16.6. The van der Waals surface area contributed by atoms with Crippen molar-refractivity contribution >= 4 is 5.69 Å². The number of pyridine rings is 1. The Morgan fingerprint density at radius 1 is 1.25 bits per heavy atom. The van der Waals surface area contributed by atoms with Gasteiger partial charge in [-0.2, -0.15) is 0 Å². The van der Waals surface area contributed by atoms with E-state index in [0.29, 0.717) is 11.3 Å². The van der Waals surface area contributed by atoms with E-state index < -0.39 is 6.43 Å². The predicted molar refractivity (Wildman–Crippen MR) is 87.5 cm³/mol. The van der Waals surface area contributed by atoms with Crippen molar-refractivity contribution in [3.63, 3.8) is 0 Å². The zero-order valence-corrected chi connectivity index (χ0v) is 13.5. The van der Waals surface area contributed by atoms with E-state index in [2.05, 4.69) is 10.3 Å². The van der Waals surface area contributed by atoms with Crippen LogP contribution in [0.15, 0.2) is 30.5 Å². The van der Waals surface area contributed by atoms with Crippen molar-refractivity contribution in [2.45, 2.75) is 18.8 Å². The Bertz CT molecular complexity index is 746. The van der Waals surface area contributed by atoms with Crippen LogP contribution in [-0.4, -0.2) is 32.5 Å². The molecule has 130 valence electrons. The van der Waals surface area contributed by atoms with Gasteiger partial charge in [-0.1, -0.05) is 6.07 Å². The number of alkyl halides is 2. The maximum absolute atomic E-state index is 13.1. The zero-order chi connectivity index (χ0) is 17.3. The molecule has 5 nitrogen and oxygen atoms in total. The molecule has 1 aromatic heterocycles. The molecule has 0 bridgehead atoms. The van der Waals surface area contributed by atoms with Crippen LogP contribution in [0.1, 0.15) is 25.2 Å². The van der Waals surface area contributed by atoms with Gasteiger partial charge in [0.25, 0.3) is 6.43 Å². The quantitative estimate of drug-likeness (QED) is 0.806. The summed E-state index contributed by atoms with van der Waals surface area (Å²) in [5, 5.41) is 3.05. The largest absolute Gasteiger partial charge is 0.494 e. The van der Waals surface area contributed by atoms with Crippen molar-refractivity contribution < 1.29 is 24.4 Å². The van der Waals surface area contributed by atoms with Gasteiger partial charge >= 0.3 is 0 Å². The standard InChI is InChI=1S/C17H18F2N2O3.H2/c1-20-9-4-5-10(15-17(23-3)24-15)11(6-9)12-7-13(16(18)19)21-8-14(12)22-2;/h4-8,15-17,20H,1-3H3;1H. The van der Waals surface area contributed by atoms with Crippen molar-refractivity contribution in [3.8, 4) is 16.9 Å². The lowest BCUT2D eigenvalue weighted by atomic mass is 9.96. The molecular weight excluding hydrogens is 318 g/mol. The van der Waals surface area contributed by atoms with Crippen molar-refractivity contribution in [1.29, 1.82) is 0 Å². The van der Waals surface area contributed by atoms with Crippen LogP contribution < -0.4 is 10.1 Å². The van der Waals surface area contributed by atoms with Crippen LogP contribution >= 0.6 is 0 Å². The van der Waals surface area contributed by atoms with Gasteiger partial charge < -0.3 is 19.5 Å². The molecule has 3 rings (SSSR count). The van der Waals surface area contributed by atoms with E-state index in [1.54, 1.807) is 14.2 Å². The summed E-state index contributed by atoms with van der Waals surface area (Å²) in [6.45, 7) is 0. The molecule has 0 amide bonds. The fourth-order valence-electron chi connectivity index (χ4n) is 2.64. The summed E-state index contributed by atoms with van der Waals surface area (Å²) in [7, 11) is 4.84. The Morgan fingerprint density at radius 3 is 2.62 bits per heavy atom. The van der Waals surface area contributed by atoms with E-state index >= 15 is 0 Å². The summed E-state index contributed by atoms with van der Waals surface area (Å²) >= 11 is 0. The number of hydrogen-bond acceptors (Lipinski definition) is 5. The lowest BCUT2D eigenvalue weighted by molar-refractivity contribution is 0.0950. The smallest absolute Gasteiger partial charge is 0.280 e. The zero-order valence-electron chi connectivity index (χ0n) is 13.5. The maximum Gasteiger partial charge on any atom is 0.280 e. The van der Waals surface area contributed by atoms with E-state index in [9.17, 15) is 8.78 Å². The molecule has 1 aliphatic rings. The fourth-order valence-corrected chi connectivity index (χ4v) is 2.64. The van der Waals surface area contributed by atoms with Gasteiger partial charge in [0.15, 0.2) is 6.29 Å². The van der Waals surface area contributed by atoms with Crippen molar-refractivity contribution in [2.24, 2.45) is 0 Å². The number of ether oxygens (including phenoxy) is 3. The molecule has 2 aromatic rings. The molecule has 2 unspecified atom stereocenters. The lowest BCUT2D eigenvalue weighted by Crippen LogP contribution is -2.00. The molecule has 0 aliphatic carbocycles. The second kappa shape index (κ2) is 6.70. The molecule has 24 heavy (non-hydrogen) atoms. The molecule has 1 N–H and O–H groups in total. The summed E-state index contributed by atoms with van der Waals surface area (Å²) < 4.78 is 42.1. The molecule has 0 spiro atoms. The van der Waals surface area contributed by atoms with E-state index in [1.165, 1.54) is 19.4 Å². The Morgan fingerprint density at radius 2 is 2.04 bits per heavy atom. The average molecular weight is 338 g/mol. The van der Waals surface area contributed by atoms with Crippen LogP contribution in [0.3, 0.4) is 0 Å². The third-order valence-electron chi connectivity index (χ3n) is 3.95. The van der Waals surface area contributed by atoms with Gasteiger partial charge in [0.2, 0.25) is 0 Å². The highest BCUT2D eigenvalue weighted by molar-refractivity contribution is 5.77. The van der Waals surface area contributed by atoms with E-state index in [1.807, 2.05) is 18.2 Å². The Balaban J connectivity index is 0.00000225. The molecule has 1 fully saturated rings. The van der Waals surface area contributed by atoms with Crippen LogP contribution in [0, 0.1) is 0 Å². The highest BCUT2D eigenvalue weighted by Crippen LogP contribution is 2.46. The van der Waals surface area contributed by atoms with Crippen molar-refractivity contribution in [3.05, 3.63) is 41.7 Å². The number of nitrogens with one attached hydrogen (secondary N) is 1. The van der Waals surface area contributed by atoms with Gasteiger partial charge in [-0.05, 0) is 29.3 Å². The topological polar surface area (TPSA) is 55.9 Å². The van der Waals surface area contributed by atoms with E-state index in [-0.39, 0.29) is 19.5 Å². The Labute approximate surface area is 140 Å². The molecule has 1 aliphatic heterocycles. The second-order valence-corrected chi connectivity index (χ2v) is 5.32. The number of benzene rings is 1. The summed E-state index contributed by atoms with van der Waals surface area (Å²) in [6.07, 6.45) is -1.90. The summed E-state index contributed by atoms with van der Waals surface area (Å²) in [6, 6.07) is 7.02. The number of aromatic nitrogens is 1. The van der Waals surface area contributed by atoms with E-state index in [0.717, 1.165) is 16.8 Å². The summed E-state index contributed by atoms with van der Waals surface area (Å²) in [5.41, 5.74) is 2.69. The maximum atomic E-state index is 13.1. The first-order valence-electron chi connectivity index (χ1n) is 7.41. The number of methoxy groups -OCH3 is 2. The summed E-state index contributed by atoms with van der Waals surface area (Å²) in [5.74, 6) is 0.420.